The number of anilines is 3. The summed E-state index contributed by atoms with van der Waals surface area (Å²) in [6.07, 6.45) is 4.61. The van der Waals surface area contributed by atoms with Gasteiger partial charge in [0.2, 0.25) is 5.95 Å². The van der Waals surface area contributed by atoms with Crippen LogP contribution in [0.25, 0.3) is 11.4 Å². The van der Waals surface area contributed by atoms with Crippen LogP contribution in [0.2, 0.25) is 0 Å². The SMILES string of the molecule is CCn1c(C)nc2c1-c1nc(Nc3ccc(N4CCNCC4)cn3)ncc1C2. The number of hydrogen-bond donors (Lipinski definition) is 2. The molecule has 0 amide bonds. The molecule has 1 aliphatic heterocycles. The number of piperazine rings is 1. The third-order valence-corrected chi connectivity index (χ3v) is 5.46. The lowest BCUT2D eigenvalue weighted by atomic mass is 10.2. The normalized spacial score (nSPS) is 15.4. The third-order valence-electron chi connectivity index (χ3n) is 5.46. The van der Waals surface area contributed by atoms with Crippen molar-refractivity contribution in [2.45, 2.75) is 26.8 Å². The molecule has 0 aromatic carbocycles. The average molecular weight is 376 g/mol. The molecule has 8 heteroatoms. The number of nitrogens with one attached hydrogen (secondary N) is 2. The highest BCUT2D eigenvalue weighted by Gasteiger charge is 2.27. The fourth-order valence-electron chi connectivity index (χ4n) is 4.07. The van der Waals surface area contributed by atoms with Crippen molar-refractivity contribution in [3.63, 3.8) is 0 Å². The lowest BCUT2D eigenvalue weighted by Gasteiger charge is -2.29. The smallest absolute Gasteiger partial charge is 0.228 e. The third kappa shape index (κ3) is 2.90. The topological polar surface area (TPSA) is 83.8 Å². The van der Waals surface area contributed by atoms with Crippen molar-refractivity contribution in [3.05, 3.63) is 41.6 Å². The van der Waals surface area contributed by atoms with E-state index < -0.39 is 0 Å². The Hall–Kier alpha value is -3.00. The van der Waals surface area contributed by atoms with E-state index in [4.69, 9.17) is 9.97 Å². The van der Waals surface area contributed by atoms with Gasteiger partial charge in [0.1, 0.15) is 11.6 Å². The summed E-state index contributed by atoms with van der Waals surface area (Å²) < 4.78 is 2.22. The van der Waals surface area contributed by atoms with Gasteiger partial charge in [-0.15, -0.1) is 0 Å². The number of imidazole rings is 1. The Kier molecular flexibility index (Phi) is 4.20. The molecule has 1 aliphatic carbocycles. The number of pyridine rings is 1. The van der Waals surface area contributed by atoms with Crippen molar-refractivity contribution >= 4 is 17.5 Å². The van der Waals surface area contributed by atoms with Gasteiger partial charge in [-0.2, -0.15) is 0 Å². The zero-order valence-corrected chi connectivity index (χ0v) is 16.2. The van der Waals surface area contributed by atoms with Crippen LogP contribution in [0.15, 0.2) is 24.5 Å². The maximum Gasteiger partial charge on any atom is 0.228 e. The highest BCUT2D eigenvalue weighted by Crippen LogP contribution is 2.36. The largest absolute Gasteiger partial charge is 0.368 e. The van der Waals surface area contributed by atoms with Crippen LogP contribution in [0.1, 0.15) is 24.0 Å². The van der Waals surface area contributed by atoms with E-state index in [0.29, 0.717) is 5.95 Å². The molecule has 8 nitrogen and oxygen atoms in total. The molecule has 2 aliphatic rings. The summed E-state index contributed by atoms with van der Waals surface area (Å²) in [5, 5.41) is 6.61. The molecular formula is C20H24N8. The molecule has 144 valence electrons. The van der Waals surface area contributed by atoms with E-state index in [0.717, 1.165) is 79.1 Å². The van der Waals surface area contributed by atoms with Gasteiger partial charge in [0.15, 0.2) is 0 Å². The molecule has 1 saturated heterocycles. The Morgan fingerprint density at radius 3 is 2.71 bits per heavy atom. The number of nitrogens with zero attached hydrogens (tertiary/aromatic N) is 6. The molecule has 3 aromatic rings. The van der Waals surface area contributed by atoms with Gasteiger partial charge in [-0.3, -0.25) is 0 Å². The summed E-state index contributed by atoms with van der Waals surface area (Å²) in [5.41, 5.74) is 5.48. The molecule has 0 atom stereocenters. The van der Waals surface area contributed by atoms with Crippen LogP contribution in [0.4, 0.5) is 17.5 Å². The molecule has 0 bridgehead atoms. The maximum atomic E-state index is 4.78. The molecule has 0 spiro atoms. The highest BCUT2D eigenvalue weighted by atomic mass is 15.2. The summed E-state index contributed by atoms with van der Waals surface area (Å²) in [6, 6.07) is 4.08. The summed E-state index contributed by atoms with van der Waals surface area (Å²) >= 11 is 0. The lowest BCUT2D eigenvalue weighted by molar-refractivity contribution is 0.589. The average Bonchev–Trinajstić information content (AvgIpc) is 3.23. The van der Waals surface area contributed by atoms with Crippen molar-refractivity contribution in [2.24, 2.45) is 0 Å². The minimum absolute atomic E-state index is 0.565. The van der Waals surface area contributed by atoms with Crippen LogP contribution in [0, 0.1) is 6.92 Å². The van der Waals surface area contributed by atoms with Gasteiger partial charge in [-0.25, -0.2) is 19.9 Å². The molecular weight excluding hydrogens is 352 g/mol. The highest BCUT2D eigenvalue weighted by molar-refractivity contribution is 5.70. The van der Waals surface area contributed by atoms with Crippen LogP contribution in [0.3, 0.4) is 0 Å². The van der Waals surface area contributed by atoms with E-state index in [1.165, 1.54) is 0 Å². The van der Waals surface area contributed by atoms with Gasteiger partial charge in [0.25, 0.3) is 0 Å². The Morgan fingerprint density at radius 2 is 1.96 bits per heavy atom. The van der Waals surface area contributed by atoms with Crippen LogP contribution < -0.4 is 15.5 Å². The number of aromatic nitrogens is 5. The van der Waals surface area contributed by atoms with Gasteiger partial charge in [-0.05, 0) is 26.0 Å². The summed E-state index contributed by atoms with van der Waals surface area (Å²) in [4.78, 5) is 20.9. The molecule has 0 unspecified atom stereocenters. The molecule has 5 rings (SSSR count). The molecule has 1 fully saturated rings. The Balaban J connectivity index is 1.38. The second kappa shape index (κ2) is 6.87. The first-order valence-corrected chi connectivity index (χ1v) is 9.84. The van der Waals surface area contributed by atoms with Gasteiger partial charge >= 0.3 is 0 Å². The Labute approximate surface area is 164 Å². The van der Waals surface area contributed by atoms with E-state index in [2.05, 4.69) is 43.1 Å². The first kappa shape index (κ1) is 17.1. The van der Waals surface area contributed by atoms with Crippen molar-refractivity contribution in [1.29, 1.82) is 0 Å². The molecule has 2 N–H and O–H groups in total. The summed E-state index contributed by atoms with van der Waals surface area (Å²) in [5.74, 6) is 2.35. The van der Waals surface area contributed by atoms with E-state index in [1.54, 1.807) is 0 Å². The van der Waals surface area contributed by atoms with Gasteiger partial charge in [0, 0.05) is 50.9 Å². The minimum atomic E-state index is 0.565. The first-order valence-electron chi connectivity index (χ1n) is 9.84. The van der Waals surface area contributed by atoms with Crippen molar-refractivity contribution in [1.82, 2.24) is 29.8 Å². The predicted octanol–water partition coefficient (Wildman–Crippen LogP) is 2.12. The molecule has 28 heavy (non-hydrogen) atoms. The zero-order valence-electron chi connectivity index (χ0n) is 16.2. The van der Waals surface area contributed by atoms with Gasteiger partial charge < -0.3 is 20.1 Å². The zero-order chi connectivity index (χ0) is 19.1. The van der Waals surface area contributed by atoms with Crippen LogP contribution in [-0.2, 0) is 13.0 Å². The van der Waals surface area contributed by atoms with Crippen molar-refractivity contribution in [3.8, 4) is 11.4 Å². The number of hydrogen-bond acceptors (Lipinski definition) is 7. The standard InChI is InChI=1S/C20H24N8/c1-3-28-13(2)24-16-10-14-11-23-20(26-18(14)19(16)28)25-17-5-4-15(12-22-17)27-8-6-21-7-9-27/h4-5,11-12,21H,3,6-10H2,1-2H3,(H,22,23,25,26). The Morgan fingerprint density at radius 1 is 1.11 bits per heavy atom. The van der Waals surface area contributed by atoms with E-state index >= 15 is 0 Å². The van der Waals surface area contributed by atoms with Gasteiger partial charge in [-0.1, -0.05) is 0 Å². The van der Waals surface area contributed by atoms with Gasteiger partial charge in [0.05, 0.1) is 29.0 Å². The minimum Gasteiger partial charge on any atom is -0.368 e. The molecule has 0 radical (unpaired) electrons. The van der Waals surface area contributed by atoms with Crippen LogP contribution in [-0.4, -0.2) is 50.7 Å². The lowest BCUT2D eigenvalue weighted by Crippen LogP contribution is -2.43. The number of fused-ring (bicyclic) bond motifs is 3. The predicted molar refractivity (Wildman–Crippen MR) is 109 cm³/mol. The van der Waals surface area contributed by atoms with Crippen molar-refractivity contribution < 1.29 is 0 Å². The Bertz CT molecular complexity index is 1000. The summed E-state index contributed by atoms with van der Waals surface area (Å²) in [6.45, 7) is 9.11. The van der Waals surface area contributed by atoms with E-state index in [1.807, 2.05) is 25.4 Å². The van der Waals surface area contributed by atoms with E-state index in [-0.39, 0.29) is 0 Å². The van der Waals surface area contributed by atoms with E-state index in [9.17, 15) is 0 Å². The fraction of sp³-hybridized carbons (Fsp3) is 0.400. The molecule has 3 aromatic heterocycles. The quantitative estimate of drug-likeness (QED) is 0.564. The maximum absolute atomic E-state index is 4.78. The fourth-order valence-corrected chi connectivity index (χ4v) is 4.07. The molecule has 4 heterocycles. The summed E-state index contributed by atoms with van der Waals surface area (Å²) in [7, 11) is 0. The van der Waals surface area contributed by atoms with Crippen LogP contribution in [0.5, 0.6) is 0 Å². The second-order valence-electron chi connectivity index (χ2n) is 7.21. The second-order valence-corrected chi connectivity index (χ2v) is 7.21. The van der Waals surface area contributed by atoms with Crippen LogP contribution >= 0.6 is 0 Å². The number of rotatable bonds is 4. The number of aryl methyl sites for hydroxylation is 1. The van der Waals surface area contributed by atoms with Crippen molar-refractivity contribution in [2.75, 3.05) is 36.4 Å². The molecule has 0 saturated carbocycles. The first-order chi connectivity index (χ1) is 13.7. The monoisotopic (exact) mass is 376 g/mol.